The molecule has 0 amide bonds. The Hall–Kier alpha value is -1.53. The molecule has 0 unspecified atom stereocenters. The highest BCUT2D eigenvalue weighted by molar-refractivity contribution is 6.06. The Labute approximate surface area is 64.4 Å². The third-order valence-electron chi connectivity index (χ3n) is 1.05. The van der Waals surface area contributed by atoms with Crippen molar-refractivity contribution in [1.29, 1.82) is 0 Å². The number of halogens is 3. The number of aliphatic carboxylic acids is 1. The number of hydrogen-bond acceptors (Lipinski definition) is 2. The van der Waals surface area contributed by atoms with Crippen LogP contribution in [0.2, 0.25) is 0 Å². The Balaban J connectivity index is 2.82. The molecule has 7 heteroatoms. The van der Waals surface area contributed by atoms with Crippen LogP contribution in [0, 0.1) is 0 Å². The minimum absolute atomic E-state index is 0.377. The van der Waals surface area contributed by atoms with Gasteiger partial charge in [0.1, 0.15) is 0 Å². The Bertz CT molecular complexity index is 279. The molecular weight excluding hydrogens is 177 g/mol. The zero-order chi connectivity index (χ0) is 9.35. The van der Waals surface area contributed by atoms with Gasteiger partial charge in [-0.25, -0.2) is 4.79 Å². The molecule has 1 radical (unpaired) electrons. The summed E-state index contributed by atoms with van der Waals surface area (Å²) in [6.45, 7) is 0. The van der Waals surface area contributed by atoms with Crippen LogP contribution in [0.4, 0.5) is 13.2 Å². The van der Waals surface area contributed by atoms with Crippen LogP contribution in [0.3, 0.4) is 0 Å². The van der Waals surface area contributed by atoms with Gasteiger partial charge in [-0.05, 0) is 0 Å². The molecule has 0 saturated heterocycles. The minimum atomic E-state index is -4.64. The topological polar surface area (TPSA) is 63.8 Å². The Morgan fingerprint density at radius 1 is 1.50 bits per heavy atom. The summed E-state index contributed by atoms with van der Waals surface area (Å²) < 4.78 is 35.3. The van der Waals surface area contributed by atoms with Gasteiger partial charge in [-0.15, -0.1) is 10.5 Å². The highest BCUT2D eigenvalue weighted by Gasteiger charge is 2.38. The average molecular weight is 179 g/mol. The Morgan fingerprint density at radius 3 is 2.33 bits per heavy atom. The molecule has 0 atom stereocenters. The van der Waals surface area contributed by atoms with Gasteiger partial charge >= 0.3 is 12.1 Å². The number of alkyl halides is 3. The number of carbonyl (C=O) groups is 1. The maximum atomic E-state index is 11.8. The van der Waals surface area contributed by atoms with Crippen molar-refractivity contribution in [2.45, 2.75) is 6.18 Å². The molecule has 12 heavy (non-hydrogen) atoms. The number of allylic oxidation sites excluding steroid dienone is 1. The monoisotopic (exact) mass is 179 g/mol. The molecule has 1 N–H and O–H groups in total. The molecule has 1 heterocycles. The van der Waals surface area contributed by atoms with E-state index in [0.717, 1.165) is 0 Å². The zero-order valence-electron chi connectivity index (χ0n) is 5.46. The van der Waals surface area contributed by atoms with Gasteiger partial charge in [0.05, 0.1) is 0 Å². The van der Waals surface area contributed by atoms with Crippen molar-refractivity contribution < 1.29 is 23.1 Å². The quantitative estimate of drug-likeness (QED) is 0.636. The summed E-state index contributed by atoms with van der Waals surface area (Å²) >= 11 is 0. The molecular formula is C5H2F3N2O2. The highest BCUT2D eigenvalue weighted by atomic mass is 19.4. The van der Waals surface area contributed by atoms with Gasteiger partial charge in [-0.1, -0.05) is 0 Å². The standard InChI is InChI=1S/C5H2F3N2O2/c6-5(7,8)3-1-2(4(11)12)9-10-3/h1H,(H,11,12). The molecule has 1 rings (SSSR count). The average Bonchev–Trinajstić information content (AvgIpc) is 2.30. The van der Waals surface area contributed by atoms with Crippen molar-refractivity contribution in [3.8, 4) is 0 Å². The predicted molar refractivity (Wildman–Crippen MR) is 31.3 cm³/mol. The second-order valence-electron chi connectivity index (χ2n) is 1.92. The number of nitrogens with zero attached hydrogens (tertiary/aromatic N) is 2. The fraction of sp³-hybridized carbons (Fsp3) is 0.200. The smallest absolute Gasteiger partial charge is 0.435 e. The lowest BCUT2D eigenvalue weighted by Gasteiger charge is -1.99. The van der Waals surface area contributed by atoms with Gasteiger partial charge in [0.25, 0.3) is 0 Å². The molecule has 1 aliphatic heterocycles. The van der Waals surface area contributed by atoms with E-state index < -0.39 is 23.6 Å². The SMILES string of the molecule is O=C(O)C1=CC(C(F)(F)F)=N[N]1. The van der Waals surface area contributed by atoms with Crippen LogP contribution in [0.15, 0.2) is 16.9 Å². The van der Waals surface area contributed by atoms with E-state index in [1.165, 1.54) is 0 Å². The first-order valence-electron chi connectivity index (χ1n) is 2.72. The van der Waals surface area contributed by atoms with E-state index in [2.05, 4.69) is 10.5 Å². The number of carboxylic acid groups (broad SMARTS) is 1. The maximum absolute atomic E-state index is 11.8. The second kappa shape index (κ2) is 2.50. The van der Waals surface area contributed by atoms with Crippen LogP contribution in [0.25, 0.3) is 0 Å². The summed E-state index contributed by atoms with van der Waals surface area (Å²) in [5.74, 6) is -1.53. The molecule has 0 aromatic carbocycles. The first-order valence-corrected chi connectivity index (χ1v) is 2.72. The van der Waals surface area contributed by atoms with Crippen molar-refractivity contribution in [3.63, 3.8) is 0 Å². The minimum Gasteiger partial charge on any atom is -0.476 e. The van der Waals surface area contributed by atoms with E-state index in [-0.39, 0.29) is 0 Å². The van der Waals surface area contributed by atoms with Crippen molar-refractivity contribution in [1.82, 2.24) is 5.43 Å². The third kappa shape index (κ3) is 1.55. The molecule has 1 aliphatic rings. The lowest BCUT2D eigenvalue weighted by molar-refractivity contribution is -0.133. The van der Waals surface area contributed by atoms with E-state index in [4.69, 9.17) is 5.11 Å². The molecule has 0 saturated carbocycles. The molecule has 0 fully saturated rings. The molecule has 65 valence electrons. The van der Waals surface area contributed by atoms with E-state index in [9.17, 15) is 18.0 Å². The van der Waals surface area contributed by atoms with Crippen LogP contribution in [0.5, 0.6) is 0 Å². The Morgan fingerprint density at radius 2 is 2.08 bits per heavy atom. The predicted octanol–water partition coefficient (Wildman–Crippen LogP) is 0.491. The zero-order valence-corrected chi connectivity index (χ0v) is 5.46. The molecule has 0 bridgehead atoms. The van der Waals surface area contributed by atoms with Crippen molar-refractivity contribution in [3.05, 3.63) is 11.8 Å². The van der Waals surface area contributed by atoms with E-state index >= 15 is 0 Å². The van der Waals surface area contributed by atoms with Crippen molar-refractivity contribution in [2.24, 2.45) is 5.10 Å². The van der Waals surface area contributed by atoms with Gasteiger partial charge in [0.15, 0.2) is 11.4 Å². The third-order valence-corrected chi connectivity index (χ3v) is 1.05. The molecule has 0 aromatic rings. The van der Waals surface area contributed by atoms with Crippen LogP contribution in [-0.4, -0.2) is 23.0 Å². The van der Waals surface area contributed by atoms with Gasteiger partial charge in [0.2, 0.25) is 0 Å². The fourth-order valence-corrected chi connectivity index (χ4v) is 0.538. The summed E-state index contributed by atoms with van der Waals surface area (Å²) in [7, 11) is 0. The number of hydrogen-bond donors (Lipinski definition) is 1. The van der Waals surface area contributed by atoms with Crippen LogP contribution in [0.1, 0.15) is 0 Å². The summed E-state index contributed by atoms with van der Waals surface area (Å²) in [4.78, 5) is 10.1. The lowest BCUT2D eigenvalue weighted by atomic mass is 10.3. The van der Waals surface area contributed by atoms with E-state index in [0.29, 0.717) is 6.08 Å². The first kappa shape index (κ1) is 8.57. The Kier molecular flexibility index (Phi) is 1.79. The van der Waals surface area contributed by atoms with E-state index in [1.807, 2.05) is 0 Å². The van der Waals surface area contributed by atoms with Gasteiger partial charge < -0.3 is 5.11 Å². The number of carboxylic acids is 1. The molecule has 4 nitrogen and oxygen atoms in total. The highest BCUT2D eigenvalue weighted by Crippen LogP contribution is 2.21. The van der Waals surface area contributed by atoms with Crippen LogP contribution < -0.4 is 5.43 Å². The van der Waals surface area contributed by atoms with Gasteiger partial charge in [-0.2, -0.15) is 13.2 Å². The summed E-state index contributed by atoms with van der Waals surface area (Å²) in [6.07, 6.45) is -4.26. The molecule has 0 spiro atoms. The van der Waals surface area contributed by atoms with Crippen LogP contribution >= 0.6 is 0 Å². The van der Waals surface area contributed by atoms with Crippen molar-refractivity contribution >= 4 is 11.7 Å². The van der Waals surface area contributed by atoms with Gasteiger partial charge in [0, 0.05) is 6.08 Å². The molecule has 0 aromatic heterocycles. The first-order chi connectivity index (χ1) is 5.41. The lowest BCUT2D eigenvalue weighted by Crippen LogP contribution is -2.19. The second-order valence-corrected chi connectivity index (χ2v) is 1.92. The largest absolute Gasteiger partial charge is 0.476 e. The van der Waals surface area contributed by atoms with Crippen molar-refractivity contribution in [2.75, 3.05) is 0 Å². The normalized spacial score (nSPS) is 16.6. The van der Waals surface area contributed by atoms with Crippen LogP contribution in [-0.2, 0) is 4.79 Å². The molecule has 0 aliphatic carbocycles. The summed E-state index contributed by atoms with van der Waals surface area (Å²) in [6, 6.07) is 0. The van der Waals surface area contributed by atoms with Gasteiger partial charge in [-0.3, -0.25) is 0 Å². The maximum Gasteiger partial charge on any atom is 0.435 e. The summed E-state index contributed by atoms with van der Waals surface area (Å²) in [5, 5.41) is 10.8. The summed E-state index contributed by atoms with van der Waals surface area (Å²) in [5.41, 5.74) is 0.815. The number of rotatable bonds is 1. The van der Waals surface area contributed by atoms with E-state index in [1.54, 1.807) is 0 Å². The fourth-order valence-electron chi connectivity index (χ4n) is 0.538.